The number of anilines is 1. The predicted octanol–water partition coefficient (Wildman–Crippen LogP) is 1.33. The molecule has 0 spiro atoms. The molecule has 1 fully saturated rings. The second-order valence-corrected chi connectivity index (χ2v) is 5.69. The fraction of sp³-hybridized carbons (Fsp3) is 0.286. The van der Waals surface area contributed by atoms with Gasteiger partial charge in [0.25, 0.3) is 5.69 Å². The number of carbonyl (C=O) groups is 2. The molecule has 1 saturated heterocycles. The SMILES string of the molecule is CC1(C)C(=O)C(n2cncn2)N(c2ccc([N+](=O)[O-])cc2)C1=O. The summed E-state index contributed by atoms with van der Waals surface area (Å²) >= 11 is 0. The van der Waals surface area contributed by atoms with Crippen LogP contribution in [0.2, 0.25) is 0 Å². The van der Waals surface area contributed by atoms with Crippen molar-refractivity contribution in [3.63, 3.8) is 0 Å². The summed E-state index contributed by atoms with van der Waals surface area (Å²) in [7, 11) is 0. The fourth-order valence-electron chi connectivity index (χ4n) is 2.53. The second-order valence-electron chi connectivity index (χ2n) is 5.69. The highest BCUT2D eigenvalue weighted by molar-refractivity contribution is 6.21. The van der Waals surface area contributed by atoms with Crippen LogP contribution in [0.3, 0.4) is 0 Å². The van der Waals surface area contributed by atoms with Crippen LogP contribution in [-0.2, 0) is 9.59 Å². The van der Waals surface area contributed by atoms with Crippen molar-refractivity contribution in [3.8, 4) is 0 Å². The van der Waals surface area contributed by atoms with E-state index >= 15 is 0 Å². The van der Waals surface area contributed by atoms with Crippen LogP contribution in [0.1, 0.15) is 20.0 Å². The average Bonchev–Trinajstić information content (AvgIpc) is 3.10. The van der Waals surface area contributed by atoms with Crippen LogP contribution in [0.4, 0.5) is 11.4 Å². The summed E-state index contributed by atoms with van der Waals surface area (Å²) in [6.07, 6.45) is 1.67. The van der Waals surface area contributed by atoms with E-state index in [2.05, 4.69) is 10.1 Å². The molecule has 1 unspecified atom stereocenters. The molecule has 1 atom stereocenters. The van der Waals surface area contributed by atoms with Gasteiger partial charge < -0.3 is 0 Å². The highest BCUT2D eigenvalue weighted by atomic mass is 16.6. The van der Waals surface area contributed by atoms with Gasteiger partial charge in [0.15, 0.2) is 11.9 Å². The molecule has 1 aromatic carbocycles. The predicted molar refractivity (Wildman–Crippen MR) is 78.4 cm³/mol. The van der Waals surface area contributed by atoms with Crippen molar-refractivity contribution in [2.75, 3.05) is 4.90 Å². The van der Waals surface area contributed by atoms with Crippen molar-refractivity contribution >= 4 is 23.1 Å². The maximum atomic E-state index is 12.7. The van der Waals surface area contributed by atoms with E-state index in [1.807, 2.05) is 0 Å². The normalized spacial score (nSPS) is 20.1. The first kappa shape index (κ1) is 14.8. The van der Waals surface area contributed by atoms with Crippen LogP contribution < -0.4 is 4.90 Å². The third-order valence-electron chi connectivity index (χ3n) is 3.87. The van der Waals surface area contributed by atoms with Gasteiger partial charge in [0, 0.05) is 17.8 Å². The van der Waals surface area contributed by atoms with Crippen molar-refractivity contribution in [1.82, 2.24) is 14.8 Å². The minimum atomic E-state index is -1.21. The van der Waals surface area contributed by atoms with E-state index in [0.29, 0.717) is 5.69 Å². The number of hydrogen-bond donors (Lipinski definition) is 0. The van der Waals surface area contributed by atoms with Gasteiger partial charge >= 0.3 is 0 Å². The fourth-order valence-corrected chi connectivity index (χ4v) is 2.53. The Balaban J connectivity index is 2.09. The molecule has 9 heteroatoms. The van der Waals surface area contributed by atoms with Gasteiger partial charge in [0.2, 0.25) is 5.91 Å². The van der Waals surface area contributed by atoms with Crippen LogP contribution >= 0.6 is 0 Å². The lowest BCUT2D eigenvalue weighted by molar-refractivity contribution is -0.384. The third-order valence-corrected chi connectivity index (χ3v) is 3.87. The van der Waals surface area contributed by atoms with E-state index in [-0.39, 0.29) is 11.5 Å². The van der Waals surface area contributed by atoms with Crippen LogP contribution in [0, 0.1) is 15.5 Å². The molecule has 0 aliphatic carbocycles. The molecule has 2 heterocycles. The number of benzene rings is 1. The molecule has 1 aromatic heterocycles. The smallest absolute Gasteiger partial charge is 0.269 e. The topological polar surface area (TPSA) is 111 Å². The Morgan fingerprint density at radius 3 is 2.39 bits per heavy atom. The zero-order valence-electron chi connectivity index (χ0n) is 12.4. The van der Waals surface area contributed by atoms with E-state index in [1.165, 1.54) is 46.5 Å². The zero-order chi connectivity index (χ0) is 16.8. The lowest BCUT2D eigenvalue weighted by Crippen LogP contribution is -2.34. The average molecular weight is 315 g/mol. The summed E-state index contributed by atoms with van der Waals surface area (Å²) in [5.41, 5.74) is -0.915. The molecular formula is C14H13N5O4. The number of amides is 1. The minimum absolute atomic E-state index is 0.0942. The van der Waals surface area contributed by atoms with E-state index in [1.54, 1.807) is 13.8 Å². The number of Topliss-reactive ketones (excluding diaryl/α,β-unsaturated/α-hetero) is 1. The first-order chi connectivity index (χ1) is 10.8. The van der Waals surface area contributed by atoms with Gasteiger partial charge in [-0.25, -0.2) is 9.67 Å². The summed E-state index contributed by atoms with van der Waals surface area (Å²) < 4.78 is 1.30. The Morgan fingerprint density at radius 2 is 1.87 bits per heavy atom. The number of carbonyl (C=O) groups excluding carboxylic acids is 2. The molecule has 3 rings (SSSR count). The van der Waals surface area contributed by atoms with E-state index in [0.717, 1.165) is 0 Å². The van der Waals surface area contributed by atoms with Crippen LogP contribution in [-0.4, -0.2) is 31.4 Å². The van der Waals surface area contributed by atoms with Crippen molar-refractivity contribution in [1.29, 1.82) is 0 Å². The van der Waals surface area contributed by atoms with Gasteiger partial charge in [-0.3, -0.25) is 24.6 Å². The maximum Gasteiger partial charge on any atom is 0.269 e. The summed E-state index contributed by atoms with van der Waals surface area (Å²) in [4.78, 5) is 40.6. The van der Waals surface area contributed by atoms with Gasteiger partial charge in [-0.1, -0.05) is 0 Å². The quantitative estimate of drug-likeness (QED) is 0.480. The molecule has 1 amide bonds. The highest BCUT2D eigenvalue weighted by Crippen LogP contribution is 2.40. The second kappa shape index (κ2) is 4.97. The number of rotatable bonds is 3. The number of nitro benzene ring substituents is 1. The van der Waals surface area contributed by atoms with Crippen molar-refractivity contribution in [2.45, 2.75) is 20.0 Å². The lowest BCUT2D eigenvalue weighted by Gasteiger charge is -2.23. The van der Waals surface area contributed by atoms with Crippen molar-refractivity contribution in [3.05, 3.63) is 47.0 Å². The zero-order valence-corrected chi connectivity index (χ0v) is 12.4. The summed E-state index contributed by atoms with van der Waals surface area (Å²) in [6, 6.07) is 5.46. The molecule has 118 valence electrons. The molecule has 9 nitrogen and oxygen atoms in total. The first-order valence-corrected chi connectivity index (χ1v) is 6.80. The van der Waals surface area contributed by atoms with E-state index < -0.39 is 22.4 Å². The molecular weight excluding hydrogens is 302 g/mol. The van der Waals surface area contributed by atoms with Gasteiger partial charge in [-0.05, 0) is 26.0 Å². The lowest BCUT2D eigenvalue weighted by atomic mass is 9.90. The molecule has 0 N–H and O–H groups in total. The Morgan fingerprint density at radius 1 is 1.22 bits per heavy atom. The highest BCUT2D eigenvalue weighted by Gasteiger charge is 2.55. The van der Waals surface area contributed by atoms with Gasteiger partial charge in [-0.2, -0.15) is 5.10 Å². The van der Waals surface area contributed by atoms with Gasteiger partial charge in [0.1, 0.15) is 18.1 Å². The van der Waals surface area contributed by atoms with Crippen molar-refractivity contribution in [2.24, 2.45) is 5.41 Å². The number of nitrogens with zero attached hydrogens (tertiary/aromatic N) is 5. The Kier molecular flexibility index (Phi) is 3.20. The molecule has 1 aliphatic rings. The summed E-state index contributed by atoms with van der Waals surface area (Å²) in [6.45, 7) is 3.10. The number of non-ortho nitro benzene ring substituents is 1. The van der Waals surface area contributed by atoms with Crippen LogP contribution in [0.5, 0.6) is 0 Å². The molecule has 0 radical (unpaired) electrons. The van der Waals surface area contributed by atoms with Crippen LogP contribution in [0.15, 0.2) is 36.9 Å². The standard InChI is InChI=1S/C14H13N5O4/c1-14(2)11(20)12(17-8-15-7-16-17)18(13(14)21)9-3-5-10(6-4-9)19(22)23/h3-8,12H,1-2H3. The Bertz CT molecular complexity index is 782. The van der Waals surface area contributed by atoms with Gasteiger partial charge in [-0.15, -0.1) is 0 Å². The largest absolute Gasteiger partial charge is 0.294 e. The number of ketones is 1. The summed E-state index contributed by atoms with van der Waals surface area (Å²) in [5, 5.41) is 14.7. The number of aromatic nitrogens is 3. The summed E-state index contributed by atoms with van der Waals surface area (Å²) in [5.74, 6) is -0.705. The number of hydrogen-bond acceptors (Lipinski definition) is 6. The Labute approximate surface area is 130 Å². The molecule has 0 saturated carbocycles. The van der Waals surface area contributed by atoms with E-state index in [9.17, 15) is 19.7 Å². The third kappa shape index (κ3) is 2.17. The Hall–Kier alpha value is -3.10. The molecule has 23 heavy (non-hydrogen) atoms. The van der Waals surface area contributed by atoms with Crippen LogP contribution in [0.25, 0.3) is 0 Å². The molecule has 0 bridgehead atoms. The molecule has 1 aliphatic heterocycles. The minimum Gasteiger partial charge on any atom is -0.294 e. The molecule has 2 aromatic rings. The van der Waals surface area contributed by atoms with E-state index in [4.69, 9.17) is 0 Å². The number of nitro groups is 1. The monoisotopic (exact) mass is 315 g/mol. The van der Waals surface area contributed by atoms with Gasteiger partial charge in [0.05, 0.1) is 4.92 Å². The first-order valence-electron chi connectivity index (χ1n) is 6.80. The van der Waals surface area contributed by atoms with Crippen molar-refractivity contribution < 1.29 is 14.5 Å². The maximum absolute atomic E-state index is 12.7.